The molecule has 0 amide bonds. The molecule has 0 aliphatic heterocycles. The predicted molar refractivity (Wildman–Crippen MR) is 76.0 cm³/mol. The number of aliphatic hydroxyl groups is 2. The number of hydrogen-bond acceptors (Lipinski definition) is 6. The van der Waals surface area contributed by atoms with Crippen LogP contribution in [-0.4, -0.2) is 62.4 Å². The van der Waals surface area contributed by atoms with Crippen LogP contribution in [0.2, 0.25) is 0 Å². The largest absolute Gasteiger partial charge is 0.481 e. The first-order valence-electron chi connectivity index (χ1n) is 5.41. The van der Waals surface area contributed by atoms with E-state index in [9.17, 15) is 14.4 Å². The Hall–Kier alpha value is -2.10. The summed E-state index contributed by atoms with van der Waals surface area (Å²) in [6, 6.07) is 5.48. The molecule has 9 heteroatoms. The number of aliphatic carboxylic acids is 1. The first kappa shape index (κ1) is 21.2. The highest BCUT2D eigenvalue weighted by Gasteiger charge is 2.13. The van der Waals surface area contributed by atoms with E-state index in [0.29, 0.717) is 0 Å². The van der Waals surface area contributed by atoms with Crippen molar-refractivity contribution in [1.29, 1.82) is 0 Å². The number of carboxylic acids is 3. The maximum Gasteiger partial charge on any atom is 0.336 e. The summed E-state index contributed by atoms with van der Waals surface area (Å²) in [5.74, 6) is -3.42. The van der Waals surface area contributed by atoms with Crippen LogP contribution in [0.1, 0.15) is 20.7 Å². The smallest absolute Gasteiger partial charge is 0.336 e. The molecule has 0 saturated heterocycles. The third-order valence-electron chi connectivity index (χ3n) is 1.62. The van der Waals surface area contributed by atoms with Crippen LogP contribution in [0.25, 0.3) is 0 Å². The number of thiol groups is 1. The van der Waals surface area contributed by atoms with E-state index in [0.717, 1.165) is 0 Å². The second-order valence-corrected chi connectivity index (χ2v) is 3.47. The second kappa shape index (κ2) is 12.9. The Bertz CT molecular complexity index is 425. The van der Waals surface area contributed by atoms with E-state index in [-0.39, 0.29) is 30.1 Å². The minimum absolute atomic E-state index is 0.0833. The van der Waals surface area contributed by atoms with Crippen molar-refractivity contribution in [2.75, 3.05) is 19.0 Å². The summed E-state index contributed by atoms with van der Waals surface area (Å²) >= 11 is 3.42. The first-order valence-corrected chi connectivity index (χ1v) is 6.05. The number of carboxylic acid groups (broad SMARTS) is 3. The first-order chi connectivity index (χ1) is 9.81. The normalized spacial score (nSPS) is 8.52. The molecule has 0 radical (unpaired) electrons. The molecule has 0 atom stereocenters. The van der Waals surface area contributed by atoms with Gasteiger partial charge in [-0.1, -0.05) is 12.1 Å². The van der Waals surface area contributed by atoms with Crippen LogP contribution in [0.5, 0.6) is 0 Å². The van der Waals surface area contributed by atoms with Gasteiger partial charge in [0.2, 0.25) is 0 Å². The highest BCUT2D eigenvalue weighted by molar-refractivity contribution is 7.81. The molecule has 0 saturated carbocycles. The van der Waals surface area contributed by atoms with Gasteiger partial charge < -0.3 is 25.5 Å². The SMILES string of the molecule is O=C(O)CS.O=C(O)c1ccccc1C(=O)O.OCCO. The molecule has 0 aromatic heterocycles. The molecule has 21 heavy (non-hydrogen) atoms. The van der Waals surface area contributed by atoms with Crippen molar-refractivity contribution >= 4 is 30.5 Å². The molecule has 0 heterocycles. The summed E-state index contributed by atoms with van der Waals surface area (Å²) < 4.78 is 0. The summed E-state index contributed by atoms with van der Waals surface area (Å²) in [6.45, 7) is -0.250. The van der Waals surface area contributed by atoms with Gasteiger partial charge in [0.25, 0.3) is 0 Å². The Morgan fingerprint density at radius 1 is 0.857 bits per heavy atom. The molecular weight excluding hydrogens is 304 g/mol. The van der Waals surface area contributed by atoms with E-state index < -0.39 is 17.9 Å². The summed E-state index contributed by atoms with van der Waals surface area (Å²) in [7, 11) is 0. The Morgan fingerprint density at radius 2 is 1.14 bits per heavy atom. The van der Waals surface area contributed by atoms with Crippen molar-refractivity contribution in [2.45, 2.75) is 0 Å². The summed E-state index contributed by atoms with van der Waals surface area (Å²) in [6.07, 6.45) is 0. The van der Waals surface area contributed by atoms with Crippen LogP contribution in [0, 0.1) is 0 Å². The lowest BCUT2D eigenvalue weighted by atomic mass is 10.1. The van der Waals surface area contributed by atoms with Gasteiger partial charge >= 0.3 is 17.9 Å². The van der Waals surface area contributed by atoms with E-state index in [4.69, 9.17) is 25.5 Å². The lowest BCUT2D eigenvalue weighted by Gasteiger charge is -1.98. The third-order valence-corrected chi connectivity index (χ3v) is 1.89. The van der Waals surface area contributed by atoms with Gasteiger partial charge in [0.05, 0.1) is 30.1 Å². The molecule has 0 unspecified atom stereocenters. The molecule has 118 valence electrons. The molecule has 1 aromatic rings. The average Bonchev–Trinajstić information content (AvgIpc) is 2.47. The van der Waals surface area contributed by atoms with Crippen molar-refractivity contribution in [1.82, 2.24) is 0 Å². The molecule has 0 spiro atoms. The van der Waals surface area contributed by atoms with Crippen LogP contribution in [0.15, 0.2) is 24.3 Å². The van der Waals surface area contributed by atoms with E-state index in [1.165, 1.54) is 24.3 Å². The van der Waals surface area contributed by atoms with Gasteiger partial charge in [-0.25, -0.2) is 9.59 Å². The average molecular weight is 320 g/mol. The molecule has 1 rings (SSSR count). The number of aliphatic hydroxyl groups excluding tert-OH is 2. The van der Waals surface area contributed by atoms with Crippen molar-refractivity contribution < 1.29 is 39.9 Å². The van der Waals surface area contributed by atoms with Crippen LogP contribution >= 0.6 is 12.6 Å². The lowest BCUT2D eigenvalue weighted by molar-refractivity contribution is -0.133. The summed E-state index contributed by atoms with van der Waals surface area (Å²) in [4.78, 5) is 30.2. The fourth-order valence-corrected chi connectivity index (χ4v) is 0.856. The maximum absolute atomic E-state index is 10.5. The standard InChI is InChI=1S/C8H6O4.C2H4O2S.C2H6O2/c9-7(10)5-3-1-2-4-6(5)8(11)12;3-2(4)1-5;3-1-2-4/h1-4H,(H,9,10)(H,11,12);5H,1H2,(H,3,4);3-4H,1-2H2. The van der Waals surface area contributed by atoms with Crippen molar-refractivity contribution in [3.05, 3.63) is 35.4 Å². The van der Waals surface area contributed by atoms with E-state index >= 15 is 0 Å². The molecule has 1 aromatic carbocycles. The summed E-state index contributed by atoms with van der Waals surface area (Å²) in [5, 5.41) is 40.0. The molecule has 8 nitrogen and oxygen atoms in total. The molecule has 5 N–H and O–H groups in total. The highest BCUT2D eigenvalue weighted by Crippen LogP contribution is 2.07. The highest BCUT2D eigenvalue weighted by atomic mass is 32.1. The van der Waals surface area contributed by atoms with Crippen LogP contribution in [0.3, 0.4) is 0 Å². The summed E-state index contributed by atoms with van der Waals surface area (Å²) in [5.41, 5.74) is -0.380. The zero-order valence-electron chi connectivity index (χ0n) is 10.8. The Morgan fingerprint density at radius 3 is 1.29 bits per heavy atom. The fraction of sp³-hybridized carbons (Fsp3) is 0.250. The maximum atomic E-state index is 10.5. The molecule has 0 aliphatic rings. The van der Waals surface area contributed by atoms with Crippen molar-refractivity contribution in [3.63, 3.8) is 0 Å². The van der Waals surface area contributed by atoms with Crippen molar-refractivity contribution in [2.24, 2.45) is 0 Å². The minimum Gasteiger partial charge on any atom is -0.481 e. The Balaban J connectivity index is 0. The van der Waals surface area contributed by atoms with Crippen molar-refractivity contribution in [3.8, 4) is 0 Å². The van der Waals surface area contributed by atoms with Gasteiger partial charge in [0, 0.05) is 0 Å². The molecule has 0 aliphatic carbocycles. The van der Waals surface area contributed by atoms with Gasteiger partial charge in [-0.2, -0.15) is 12.6 Å². The number of hydrogen-bond donors (Lipinski definition) is 6. The van der Waals surface area contributed by atoms with Crippen LogP contribution < -0.4 is 0 Å². The van der Waals surface area contributed by atoms with Gasteiger partial charge in [-0.05, 0) is 12.1 Å². The zero-order valence-corrected chi connectivity index (χ0v) is 11.7. The van der Waals surface area contributed by atoms with E-state index in [2.05, 4.69) is 12.6 Å². The fourth-order valence-electron chi connectivity index (χ4n) is 0.856. The quantitative estimate of drug-likeness (QED) is 0.426. The predicted octanol–water partition coefficient (Wildman–Crippen LogP) is 0.0548. The minimum atomic E-state index is -1.23. The molecular formula is C12H16O8S. The van der Waals surface area contributed by atoms with Gasteiger partial charge in [0.15, 0.2) is 0 Å². The van der Waals surface area contributed by atoms with E-state index in [1.54, 1.807) is 0 Å². The Labute approximate surface area is 125 Å². The van der Waals surface area contributed by atoms with Crippen LogP contribution in [0.4, 0.5) is 0 Å². The zero-order chi connectivity index (χ0) is 16.8. The molecule has 0 fully saturated rings. The number of carbonyl (C=O) groups is 3. The second-order valence-electron chi connectivity index (χ2n) is 3.15. The third kappa shape index (κ3) is 11.4. The van der Waals surface area contributed by atoms with Gasteiger partial charge in [0.1, 0.15) is 0 Å². The van der Waals surface area contributed by atoms with Crippen LogP contribution in [-0.2, 0) is 4.79 Å². The number of rotatable bonds is 4. The van der Waals surface area contributed by atoms with Gasteiger partial charge in [-0.15, -0.1) is 0 Å². The van der Waals surface area contributed by atoms with Gasteiger partial charge in [-0.3, -0.25) is 4.79 Å². The Kier molecular flexibility index (Phi) is 13.0. The lowest BCUT2D eigenvalue weighted by Crippen LogP contribution is -2.06. The van der Waals surface area contributed by atoms with E-state index in [1.807, 2.05) is 0 Å². The monoisotopic (exact) mass is 320 g/mol. The topological polar surface area (TPSA) is 152 Å². The number of benzene rings is 1. The molecule has 0 bridgehead atoms. The number of aromatic carboxylic acids is 2.